The maximum absolute atomic E-state index is 11.4. The number of hydrogen-bond acceptors (Lipinski definition) is 3. The van der Waals surface area contributed by atoms with Crippen LogP contribution in [0, 0.1) is 0 Å². The molecule has 0 spiro atoms. The fourth-order valence-corrected chi connectivity index (χ4v) is 1.89. The Labute approximate surface area is 109 Å². The average molecular weight is 269 g/mol. The van der Waals surface area contributed by atoms with Crippen LogP contribution in [-0.4, -0.2) is 18.1 Å². The molecule has 2 N–H and O–H groups in total. The number of ether oxygens (including phenoxy) is 1. The number of amides is 1. The number of carbonyl (C=O) groups excluding carboxylic acids is 1. The molecule has 0 saturated carbocycles. The Kier molecular flexibility index (Phi) is 3.31. The van der Waals surface area contributed by atoms with E-state index in [1.807, 2.05) is 0 Å². The van der Waals surface area contributed by atoms with Crippen LogP contribution in [0.3, 0.4) is 0 Å². The first-order chi connectivity index (χ1) is 8.10. The molecule has 1 aromatic rings. The molecule has 1 heterocycles. The van der Waals surface area contributed by atoms with Crippen molar-refractivity contribution in [2.75, 3.05) is 7.11 Å². The molecule has 1 aromatic carbocycles. The Hall–Kier alpha value is -1.59. The van der Waals surface area contributed by atoms with Crippen LogP contribution in [0.2, 0.25) is 5.02 Å². The summed E-state index contributed by atoms with van der Waals surface area (Å²) in [6, 6.07) is 5.25. The number of rotatable bonds is 2. The van der Waals surface area contributed by atoms with E-state index in [1.165, 1.54) is 0 Å². The predicted molar refractivity (Wildman–Crippen MR) is 69.9 cm³/mol. The summed E-state index contributed by atoms with van der Waals surface area (Å²) >= 11 is 10.8. The lowest BCUT2D eigenvalue weighted by Crippen LogP contribution is -2.21. The molecular formula is C11H9ClN2O2S. The standard InChI is InChI=1S/C11H9ClN2O2S/c1-16-9-3-2-6(4-7(9)12)5-8-10(15)14-11(17)13-8/h2-5H,1H3,(H2,13,14,15,17)/b8-5+. The summed E-state index contributed by atoms with van der Waals surface area (Å²) in [5.41, 5.74) is 1.19. The van der Waals surface area contributed by atoms with Gasteiger partial charge in [-0.25, -0.2) is 0 Å². The summed E-state index contributed by atoms with van der Waals surface area (Å²) in [5, 5.41) is 6.03. The molecule has 2 rings (SSSR count). The number of nitrogens with one attached hydrogen (secondary N) is 2. The topological polar surface area (TPSA) is 50.4 Å². The normalized spacial score (nSPS) is 16.9. The van der Waals surface area contributed by atoms with E-state index in [-0.39, 0.29) is 5.91 Å². The van der Waals surface area contributed by atoms with Crippen LogP contribution in [0.5, 0.6) is 5.75 Å². The first kappa shape index (κ1) is 11.9. The van der Waals surface area contributed by atoms with E-state index in [0.29, 0.717) is 21.6 Å². The highest BCUT2D eigenvalue weighted by atomic mass is 35.5. The molecule has 0 radical (unpaired) electrons. The van der Waals surface area contributed by atoms with Crippen LogP contribution < -0.4 is 15.4 Å². The van der Waals surface area contributed by atoms with Crippen molar-refractivity contribution >= 4 is 40.9 Å². The molecule has 4 nitrogen and oxygen atoms in total. The van der Waals surface area contributed by atoms with Gasteiger partial charge in [-0.2, -0.15) is 0 Å². The second kappa shape index (κ2) is 4.73. The van der Waals surface area contributed by atoms with Crippen molar-refractivity contribution in [2.45, 2.75) is 0 Å². The number of hydrogen-bond donors (Lipinski definition) is 2. The summed E-state index contributed by atoms with van der Waals surface area (Å²) in [6.45, 7) is 0. The molecule has 0 unspecified atom stereocenters. The lowest BCUT2D eigenvalue weighted by atomic mass is 10.2. The Balaban J connectivity index is 2.30. The van der Waals surface area contributed by atoms with E-state index in [1.54, 1.807) is 31.4 Å². The van der Waals surface area contributed by atoms with Gasteiger partial charge >= 0.3 is 0 Å². The molecule has 0 aromatic heterocycles. The monoisotopic (exact) mass is 268 g/mol. The lowest BCUT2D eigenvalue weighted by Gasteiger charge is -2.03. The van der Waals surface area contributed by atoms with Crippen molar-refractivity contribution < 1.29 is 9.53 Å². The van der Waals surface area contributed by atoms with Gasteiger partial charge in [-0.05, 0) is 36.0 Å². The highest BCUT2D eigenvalue weighted by molar-refractivity contribution is 7.80. The molecule has 17 heavy (non-hydrogen) atoms. The van der Waals surface area contributed by atoms with Gasteiger partial charge in [-0.1, -0.05) is 17.7 Å². The Morgan fingerprint density at radius 2 is 2.18 bits per heavy atom. The largest absolute Gasteiger partial charge is 0.495 e. The molecule has 0 atom stereocenters. The Morgan fingerprint density at radius 1 is 1.41 bits per heavy atom. The summed E-state index contributed by atoms with van der Waals surface area (Å²) in [7, 11) is 1.55. The van der Waals surface area contributed by atoms with Crippen LogP contribution >= 0.6 is 23.8 Å². The van der Waals surface area contributed by atoms with Crippen molar-refractivity contribution in [1.29, 1.82) is 0 Å². The third kappa shape index (κ3) is 2.57. The first-order valence-corrected chi connectivity index (χ1v) is 5.56. The highest BCUT2D eigenvalue weighted by Gasteiger charge is 2.19. The maximum atomic E-state index is 11.4. The van der Waals surface area contributed by atoms with Crippen molar-refractivity contribution in [3.63, 3.8) is 0 Å². The first-order valence-electron chi connectivity index (χ1n) is 4.77. The number of benzene rings is 1. The van der Waals surface area contributed by atoms with Gasteiger partial charge < -0.3 is 10.1 Å². The molecule has 1 fully saturated rings. The van der Waals surface area contributed by atoms with Crippen LogP contribution in [0.15, 0.2) is 23.9 Å². The molecule has 6 heteroatoms. The number of thiocarbonyl (C=S) groups is 1. The van der Waals surface area contributed by atoms with Crippen LogP contribution in [-0.2, 0) is 4.79 Å². The van der Waals surface area contributed by atoms with Crippen molar-refractivity contribution in [2.24, 2.45) is 0 Å². The van der Waals surface area contributed by atoms with Gasteiger partial charge in [0.1, 0.15) is 11.4 Å². The fourth-order valence-electron chi connectivity index (χ4n) is 1.42. The minimum Gasteiger partial charge on any atom is -0.495 e. The smallest absolute Gasteiger partial charge is 0.273 e. The second-order valence-electron chi connectivity index (χ2n) is 3.36. The molecule has 0 bridgehead atoms. The summed E-state index contributed by atoms with van der Waals surface area (Å²) in [4.78, 5) is 11.4. The zero-order chi connectivity index (χ0) is 12.4. The van der Waals surface area contributed by atoms with Gasteiger partial charge in [0.25, 0.3) is 5.91 Å². The van der Waals surface area contributed by atoms with Crippen molar-refractivity contribution in [3.05, 3.63) is 34.5 Å². The van der Waals surface area contributed by atoms with E-state index in [2.05, 4.69) is 10.6 Å². The number of methoxy groups -OCH3 is 1. The minimum absolute atomic E-state index is 0.248. The van der Waals surface area contributed by atoms with E-state index >= 15 is 0 Å². The summed E-state index contributed by atoms with van der Waals surface area (Å²) in [6.07, 6.45) is 1.67. The van der Waals surface area contributed by atoms with Gasteiger partial charge in [0, 0.05) is 0 Å². The Morgan fingerprint density at radius 3 is 2.71 bits per heavy atom. The third-order valence-electron chi connectivity index (χ3n) is 2.21. The fraction of sp³-hybridized carbons (Fsp3) is 0.0909. The van der Waals surface area contributed by atoms with Gasteiger partial charge in [-0.15, -0.1) is 0 Å². The van der Waals surface area contributed by atoms with E-state index in [9.17, 15) is 4.79 Å². The zero-order valence-corrected chi connectivity index (χ0v) is 10.5. The highest BCUT2D eigenvalue weighted by Crippen LogP contribution is 2.25. The van der Waals surface area contributed by atoms with Crippen molar-refractivity contribution in [3.8, 4) is 5.75 Å². The van der Waals surface area contributed by atoms with E-state index < -0.39 is 0 Å². The molecule has 88 valence electrons. The quantitative estimate of drug-likeness (QED) is 0.633. The lowest BCUT2D eigenvalue weighted by molar-refractivity contribution is -0.115. The van der Waals surface area contributed by atoms with Crippen molar-refractivity contribution in [1.82, 2.24) is 10.6 Å². The van der Waals surface area contributed by atoms with Gasteiger partial charge in [-0.3, -0.25) is 10.1 Å². The van der Waals surface area contributed by atoms with E-state index in [4.69, 9.17) is 28.6 Å². The van der Waals surface area contributed by atoms with Crippen LogP contribution in [0.25, 0.3) is 6.08 Å². The predicted octanol–water partition coefficient (Wildman–Crippen LogP) is 1.69. The number of halogens is 1. The second-order valence-corrected chi connectivity index (χ2v) is 4.18. The van der Waals surface area contributed by atoms with Crippen LogP contribution in [0.4, 0.5) is 0 Å². The van der Waals surface area contributed by atoms with Gasteiger partial charge in [0.15, 0.2) is 5.11 Å². The van der Waals surface area contributed by atoms with Gasteiger partial charge in [0.05, 0.1) is 12.1 Å². The summed E-state index contributed by atoms with van der Waals surface area (Å²) in [5.74, 6) is 0.343. The maximum Gasteiger partial charge on any atom is 0.273 e. The zero-order valence-electron chi connectivity index (χ0n) is 8.91. The molecule has 1 aliphatic rings. The SMILES string of the molecule is COc1ccc(/C=C2/NC(=S)NC2=O)cc1Cl. The van der Waals surface area contributed by atoms with E-state index in [0.717, 1.165) is 5.56 Å². The number of carbonyl (C=O) groups is 1. The third-order valence-corrected chi connectivity index (χ3v) is 2.71. The molecule has 1 aliphatic heterocycles. The minimum atomic E-state index is -0.248. The van der Waals surface area contributed by atoms with Gasteiger partial charge in [0.2, 0.25) is 0 Å². The van der Waals surface area contributed by atoms with Crippen LogP contribution in [0.1, 0.15) is 5.56 Å². The molecule has 0 aliphatic carbocycles. The molecule has 1 saturated heterocycles. The summed E-state index contributed by atoms with van der Waals surface area (Å²) < 4.78 is 5.04. The Bertz CT molecular complexity index is 528. The average Bonchev–Trinajstić information content (AvgIpc) is 2.58. The molecule has 1 amide bonds. The molecular weight excluding hydrogens is 260 g/mol.